The molecule has 0 bridgehead atoms. The third kappa shape index (κ3) is 3.44. The number of hydrogen-bond donors (Lipinski definition) is 1. The molecule has 6 heteroatoms. The molecule has 1 heterocycles. The number of carbonyl (C=O) groups is 1. The van der Waals surface area contributed by atoms with Crippen LogP contribution in [0.2, 0.25) is 10.0 Å². The van der Waals surface area contributed by atoms with Gasteiger partial charge in [-0.15, -0.1) is 0 Å². The summed E-state index contributed by atoms with van der Waals surface area (Å²) >= 11 is 12.0. The number of rotatable bonds is 4. The summed E-state index contributed by atoms with van der Waals surface area (Å²) < 4.78 is 10.7. The number of esters is 1. The SMILES string of the molecule is CCOC(=O)c1cc2cc(Oc3ccc(Cl)cc3Cl)ccc2[nH]1. The van der Waals surface area contributed by atoms with Gasteiger partial charge in [0, 0.05) is 15.9 Å². The van der Waals surface area contributed by atoms with E-state index in [1.54, 1.807) is 37.3 Å². The molecule has 0 spiro atoms. The first kappa shape index (κ1) is 15.7. The zero-order chi connectivity index (χ0) is 16.4. The van der Waals surface area contributed by atoms with Crippen LogP contribution in [-0.2, 0) is 4.74 Å². The molecule has 0 aliphatic carbocycles. The fourth-order valence-electron chi connectivity index (χ4n) is 2.18. The number of ether oxygens (including phenoxy) is 2. The maximum atomic E-state index is 11.8. The molecule has 0 unspecified atom stereocenters. The van der Waals surface area contributed by atoms with E-state index in [1.807, 2.05) is 12.1 Å². The number of hydrogen-bond acceptors (Lipinski definition) is 3. The van der Waals surface area contributed by atoms with E-state index in [2.05, 4.69) is 4.98 Å². The van der Waals surface area contributed by atoms with Crippen LogP contribution < -0.4 is 4.74 Å². The second-order valence-electron chi connectivity index (χ2n) is 4.83. The van der Waals surface area contributed by atoms with Gasteiger partial charge in [-0.2, -0.15) is 0 Å². The Morgan fingerprint density at radius 2 is 1.96 bits per heavy atom. The Labute approximate surface area is 142 Å². The minimum Gasteiger partial charge on any atom is -0.461 e. The molecular formula is C17H13Cl2NO3. The first-order chi connectivity index (χ1) is 11.1. The van der Waals surface area contributed by atoms with Gasteiger partial charge in [-0.1, -0.05) is 23.2 Å². The molecule has 0 aliphatic heterocycles. The number of carbonyl (C=O) groups excluding carboxylic acids is 1. The molecular weight excluding hydrogens is 337 g/mol. The van der Waals surface area contributed by atoms with Crippen molar-refractivity contribution in [1.29, 1.82) is 0 Å². The molecule has 0 atom stereocenters. The minimum atomic E-state index is -0.382. The molecule has 0 radical (unpaired) electrons. The van der Waals surface area contributed by atoms with E-state index in [4.69, 9.17) is 32.7 Å². The molecule has 3 aromatic rings. The monoisotopic (exact) mass is 349 g/mol. The summed E-state index contributed by atoms with van der Waals surface area (Å²) in [6.45, 7) is 2.10. The smallest absolute Gasteiger partial charge is 0.354 e. The summed E-state index contributed by atoms with van der Waals surface area (Å²) in [5.41, 5.74) is 1.23. The topological polar surface area (TPSA) is 51.3 Å². The number of benzene rings is 2. The van der Waals surface area contributed by atoms with Crippen LogP contribution in [0.15, 0.2) is 42.5 Å². The zero-order valence-corrected chi connectivity index (χ0v) is 13.7. The van der Waals surface area contributed by atoms with Gasteiger partial charge >= 0.3 is 5.97 Å². The van der Waals surface area contributed by atoms with Gasteiger partial charge in [0.25, 0.3) is 0 Å². The van der Waals surface area contributed by atoms with Gasteiger partial charge in [0.05, 0.1) is 11.6 Å². The third-order valence-electron chi connectivity index (χ3n) is 3.21. The van der Waals surface area contributed by atoms with Crippen LogP contribution >= 0.6 is 23.2 Å². The van der Waals surface area contributed by atoms with Gasteiger partial charge in [0.1, 0.15) is 17.2 Å². The molecule has 0 fully saturated rings. The van der Waals surface area contributed by atoms with Crippen molar-refractivity contribution < 1.29 is 14.3 Å². The molecule has 4 nitrogen and oxygen atoms in total. The lowest BCUT2D eigenvalue weighted by Gasteiger charge is -2.07. The minimum absolute atomic E-state index is 0.331. The van der Waals surface area contributed by atoms with Gasteiger partial charge in [0.2, 0.25) is 0 Å². The lowest BCUT2D eigenvalue weighted by Crippen LogP contribution is -2.04. The van der Waals surface area contributed by atoms with E-state index in [0.717, 1.165) is 10.9 Å². The van der Waals surface area contributed by atoms with Gasteiger partial charge in [0.15, 0.2) is 0 Å². The Kier molecular flexibility index (Phi) is 4.46. The molecule has 0 aliphatic rings. The van der Waals surface area contributed by atoms with Crippen LogP contribution in [0.3, 0.4) is 0 Å². The Bertz CT molecular complexity index is 873. The maximum Gasteiger partial charge on any atom is 0.354 e. The van der Waals surface area contributed by atoms with Crippen LogP contribution in [0.5, 0.6) is 11.5 Å². The molecule has 23 heavy (non-hydrogen) atoms. The largest absolute Gasteiger partial charge is 0.461 e. The number of aromatic amines is 1. The molecule has 3 rings (SSSR count). The number of H-pyrrole nitrogens is 1. The Balaban J connectivity index is 1.89. The molecule has 0 saturated heterocycles. The Hall–Kier alpha value is -2.17. The average molecular weight is 350 g/mol. The number of fused-ring (bicyclic) bond motifs is 1. The van der Waals surface area contributed by atoms with Crippen molar-refractivity contribution >= 4 is 40.1 Å². The van der Waals surface area contributed by atoms with E-state index < -0.39 is 0 Å². The molecule has 0 saturated carbocycles. The standard InChI is InChI=1S/C17H13Cl2NO3/c1-2-22-17(21)15-8-10-7-12(4-5-14(10)20-15)23-16-6-3-11(18)9-13(16)19/h3-9,20H,2H2,1H3. The van der Waals surface area contributed by atoms with Crippen molar-refractivity contribution in [2.45, 2.75) is 6.92 Å². The maximum absolute atomic E-state index is 11.8. The van der Waals surface area contributed by atoms with E-state index in [1.165, 1.54) is 0 Å². The van der Waals surface area contributed by atoms with E-state index in [9.17, 15) is 4.79 Å². The summed E-state index contributed by atoms with van der Waals surface area (Å²) in [6.07, 6.45) is 0. The highest BCUT2D eigenvalue weighted by Crippen LogP contribution is 2.32. The lowest BCUT2D eigenvalue weighted by molar-refractivity contribution is 0.0520. The highest BCUT2D eigenvalue weighted by molar-refractivity contribution is 6.35. The molecule has 118 valence electrons. The Morgan fingerprint density at radius 3 is 2.70 bits per heavy atom. The number of aromatic nitrogens is 1. The van der Waals surface area contributed by atoms with Gasteiger partial charge in [-0.3, -0.25) is 0 Å². The third-order valence-corrected chi connectivity index (χ3v) is 3.74. The number of nitrogens with one attached hydrogen (secondary N) is 1. The van der Waals surface area contributed by atoms with Crippen molar-refractivity contribution in [2.75, 3.05) is 6.61 Å². The normalized spacial score (nSPS) is 10.7. The molecule has 1 N–H and O–H groups in total. The molecule has 0 amide bonds. The second-order valence-corrected chi connectivity index (χ2v) is 5.67. The van der Waals surface area contributed by atoms with E-state index in [-0.39, 0.29) is 5.97 Å². The molecule has 1 aromatic heterocycles. The summed E-state index contributed by atoms with van der Waals surface area (Å²) in [6, 6.07) is 12.2. The van der Waals surface area contributed by atoms with Gasteiger partial charge in [-0.05, 0) is 49.4 Å². The first-order valence-electron chi connectivity index (χ1n) is 6.99. The van der Waals surface area contributed by atoms with Crippen molar-refractivity contribution in [3.63, 3.8) is 0 Å². The summed E-state index contributed by atoms with van der Waals surface area (Å²) in [4.78, 5) is 14.8. The fourth-order valence-corrected chi connectivity index (χ4v) is 2.63. The van der Waals surface area contributed by atoms with Crippen molar-refractivity contribution in [3.05, 3.63) is 58.2 Å². The van der Waals surface area contributed by atoms with E-state index in [0.29, 0.717) is 33.8 Å². The zero-order valence-electron chi connectivity index (χ0n) is 12.2. The highest BCUT2D eigenvalue weighted by Gasteiger charge is 2.11. The van der Waals surface area contributed by atoms with Crippen molar-refractivity contribution in [2.24, 2.45) is 0 Å². The quantitative estimate of drug-likeness (QED) is 0.637. The van der Waals surface area contributed by atoms with Crippen LogP contribution in [0.25, 0.3) is 10.9 Å². The number of halogens is 2. The van der Waals surface area contributed by atoms with Gasteiger partial charge in [-0.25, -0.2) is 4.79 Å². The summed E-state index contributed by atoms with van der Waals surface area (Å²) in [7, 11) is 0. The first-order valence-corrected chi connectivity index (χ1v) is 7.75. The second kappa shape index (κ2) is 6.52. The molecule has 2 aromatic carbocycles. The van der Waals surface area contributed by atoms with Crippen LogP contribution in [0.1, 0.15) is 17.4 Å². The van der Waals surface area contributed by atoms with Crippen molar-refractivity contribution in [3.8, 4) is 11.5 Å². The summed E-state index contributed by atoms with van der Waals surface area (Å²) in [5.74, 6) is 0.736. The van der Waals surface area contributed by atoms with Crippen LogP contribution in [-0.4, -0.2) is 17.6 Å². The highest BCUT2D eigenvalue weighted by atomic mass is 35.5. The lowest BCUT2D eigenvalue weighted by atomic mass is 10.2. The predicted octanol–water partition coefficient (Wildman–Crippen LogP) is 5.44. The summed E-state index contributed by atoms with van der Waals surface area (Å²) in [5, 5.41) is 1.82. The van der Waals surface area contributed by atoms with Gasteiger partial charge < -0.3 is 14.5 Å². The average Bonchev–Trinajstić information content (AvgIpc) is 2.94. The van der Waals surface area contributed by atoms with E-state index >= 15 is 0 Å². The Morgan fingerprint density at radius 1 is 1.13 bits per heavy atom. The van der Waals surface area contributed by atoms with Crippen molar-refractivity contribution in [1.82, 2.24) is 4.98 Å². The van der Waals surface area contributed by atoms with Crippen LogP contribution in [0.4, 0.5) is 0 Å². The predicted molar refractivity (Wildman–Crippen MR) is 90.8 cm³/mol. The van der Waals surface area contributed by atoms with Crippen LogP contribution in [0, 0.1) is 0 Å². The fraction of sp³-hybridized carbons (Fsp3) is 0.118.